The summed E-state index contributed by atoms with van der Waals surface area (Å²) in [5, 5.41) is 3.35. The quantitative estimate of drug-likeness (QED) is 0.138. The van der Waals surface area contributed by atoms with E-state index in [1.165, 1.54) is 22.3 Å². The molecule has 0 saturated heterocycles. The fraction of sp³-hybridized carbons (Fsp3) is 0.250. The van der Waals surface area contributed by atoms with Crippen molar-refractivity contribution in [2.75, 3.05) is 15.1 Å². The van der Waals surface area contributed by atoms with Crippen molar-refractivity contribution in [1.29, 1.82) is 0 Å². The average Bonchev–Trinajstić information content (AvgIpc) is 1.50. The summed E-state index contributed by atoms with van der Waals surface area (Å²) in [5.41, 5.74) is 16.6. The van der Waals surface area contributed by atoms with Crippen LogP contribution >= 0.6 is 0 Å². The minimum Gasteiger partial charge on any atom is -0.509 e. The van der Waals surface area contributed by atoms with Crippen molar-refractivity contribution in [2.24, 2.45) is 0 Å². The van der Waals surface area contributed by atoms with Gasteiger partial charge in [-0.2, -0.15) is 18.2 Å². The zero-order valence-electron chi connectivity index (χ0n) is 52.3. The Bertz CT molecular complexity index is 3880. The number of nitrogens with one attached hydrogen (secondary N) is 1. The van der Waals surface area contributed by atoms with Crippen LogP contribution in [0.4, 0.5) is 34.3 Å². The van der Waals surface area contributed by atoms with Gasteiger partial charge in [-0.15, -0.1) is 48.3 Å². The number of anilines is 6. The number of fused-ring (bicyclic) bond motifs is 2. The van der Waals surface area contributed by atoms with Gasteiger partial charge in [-0.05, 0) is 117 Å². The first-order valence-corrected chi connectivity index (χ1v) is 26.8. The van der Waals surface area contributed by atoms with Crippen LogP contribution in [0.5, 0.6) is 11.5 Å². The van der Waals surface area contributed by atoms with Gasteiger partial charge in [0.05, 0.1) is 0 Å². The van der Waals surface area contributed by atoms with Gasteiger partial charge >= 0.3 is 0 Å². The Hall–Kier alpha value is -7.20. The predicted octanol–water partition coefficient (Wildman–Crippen LogP) is 19.9. The fourth-order valence-electron chi connectivity index (χ4n) is 11.0. The van der Waals surface area contributed by atoms with Crippen molar-refractivity contribution >= 4 is 34.3 Å². The van der Waals surface area contributed by atoms with Crippen LogP contribution in [0.2, 0.25) is 0 Å². The molecule has 398 valence electrons. The van der Waals surface area contributed by atoms with Crippen molar-refractivity contribution in [2.45, 2.75) is 117 Å². The number of aromatic nitrogens is 1. The topological polar surface area (TPSA) is 40.6 Å². The van der Waals surface area contributed by atoms with Gasteiger partial charge in [0, 0.05) is 86.4 Å². The van der Waals surface area contributed by atoms with E-state index >= 15 is 0 Å². The zero-order valence-corrected chi connectivity index (χ0v) is 48.6. The molecule has 1 N–H and O–H groups in total. The Morgan fingerprint density at radius 1 is 0.577 bits per heavy atom. The number of para-hydroxylation sites is 3. The van der Waals surface area contributed by atoms with Gasteiger partial charge in [0.15, 0.2) is 0 Å². The summed E-state index contributed by atoms with van der Waals surface area (Å²) < 4.78 is 57.4. The second kappa shape index (κ2) is 20.9. The zero-order chi connectivity index (χ0) is 59.0. The monoisotopic (exact) mass is 1210 g/mol. The molecule has 2 heterocycles. The molecule has 2 aliphatic rings. The van der Waals surface area contributed by atoms with Crippen molar-refractivity contribution < 1.29 is 34.0 Å². The van der Waals surface area contributed by atoms with Crippen LogP contribution < -0.4 is 19.9 Å². The average molecular weight is 1210 g/mol. The normalized spacial score (nSPS) is 16.0. The number of pyridine rings is 1. The van der Waals surface area contributed by atoms with E-state index < -0.39 is 13.7 Å². The van der Waals surface area contributed by atoms with Crippen molar-refractivity contribution in [1.82, 2.24) is 4.98 Å². The van der Waals surface area contributed by atoms with E-state index in [1.54, 1.807) is 42.6 Å². The Morgan fingerprint density at radius 2 is 1.24 bits per heavy atom. The molecule has 1 aliphatic heterocycles. The van der Waals surface area contributed by atoms with Crippen molar-refractivity contribution in [3.8, 4) is 56.0 Å². The SMILES string of the molecule is [2H]C([2H])([2H])c1ccc(Nc2cc(C([2H])([2H])[2H])c(-c3ccc4c(c3)C(C)(C)CCC4(C)C)cn2)c(-c2c[c-]c(Oc3[c-]c(N4[CH-]N(c5c(-c6ccccc6)cccc5-c5cc(C(C)(C)C)cc(C(C)(C)C)c5)c5ccccc54)ccc3)cc2)c1.[Pt]. The Kier molecular flexibility index (Phi) is 12.5. The second-order valence-corrected chi connectivity index (χ2v) is 24.2. The van der Waals surface area contributed by atoms with Gasteiger partial charge in [-0.1, -0.05) is 190 Å². The van der Waals surface area contributed by atoms with Crippen LogP contribution in [0, 0.1) is 32.5 Å². The molecule has 0 radical (unpaired) electrons. The molecular weight excluding hydrogens is 1130 g/mol. The molecule has 0 amide bonds. The minimum atomic E-state index is -2.46. The molecule has 5 nitrogen and oxygen atoms in total. The van der Waals surface area contributed by atoms with Crippen LogP contribution in [0.3, 0.4) is 0 Å². The standard InChI is InChI=1S/C72H71N4O.Pt/c1-47-28-35-64(74-67-39-48(2)61(45-73-67)51-31-34-62-63(42-51)72(11,12)37-36-71(62,9)10)60(38-47)50-29-32-56(33-30-50)77-57-23-18-22-55(44-57)75-46-76(66-27-17-16-26-65(66)75)68-58(49-20-14-13-15-21-49)24-19-25-59(68)52-40-53(69(3,4)5)43-54(41-52)70(6,7)8;/h13-32,34-35,38-43,45-46H,36-37H2,1-12H3,(H,73,74);/q-3;/i1D3,2D3;. The number of ether oxygens (including phenoxy) is 1. The van der Waals surface area contributed by atoms with Gasteiger partial charge in [0.1, 0.15) is 5.82 Å². The maximum absolute atomic E-state index is 8.67. The Morgan fingerprint density at radius 3 is 1.92 bits per heavy atom. The molecule has 0 unspecified atom stereocenters. The smallest absolute Gasteiger partial charge is 0.130 e. The van der Waals surface area contributed by atoms with E-state index in [2.05, 4.69) is 206 Å². The number of benzene rings is 8. The summed E-state index contributed by atoms with van der Waals surface area (Å²) in [6.07, 6.45) is 3.73. The van der Waals surface area contributed by atoms with E-state index in [1.807, 2.05) is 30.3 Å². The maximum atomic E-state index is 8.67. The molecule has 11 rings (SSSR count). The minimum absolute atomic E-state index is 0. The van der Waals surface area contributed by atoms with E-state index in [-0.39, 0.29) is 53.9 Å². The first-order valence-electron chi connectivity index (χ1n) is 29.8. The molecule has 0 fully saturated rings. The number of rotatable bonds is 10. The number of hydrogen-bond acceptors (Lipinski definition) is 5. The Balaban J connectivity index is 0.00000786. The fourth-order valence-corrected chi connectivity index (χ4v) is 11.0. The van der Waals surface area contributed by atoms with Crippen molar-refractivity contribution in [3.05, 3.63) is 228 Å². The van der Waals surface area contributed by atoms with Crippen LogP contribution in [0.15, 0.2) is 176 Å². The van der Waals surface area contributed by atoms with Crippen LogP contribution in [0.1, 0.15) is 124 Å². The molecule has 78 heavy (non-hydrogen) atoms. The second-order valence-electron chi connectivity index (χ2n) is 24.2. The van der Waals surface area contributed by atoms with Crippen LogP contribution in [0.25, 0.3) is 44.5 Å². The molecule has 9 aromatic rings. The van der Waals surface area contributed by atoms with E-state index in [0.29, 0.717) is 39.7 Å². The Labute approximate surface area is 487 Å². The van der Waals surface area contributed by atoms with Crippen LogP contribution in [-0.4, -0.2) is 4.98 Å². The predicted molar refractivity (Wildman–Crippen MR) is 324 cm³/mol. The molecule has 0 saturated carbocycles. The summed E-state index contributed by atoms with van der Waals surface area (Å²) in [7, 11) is 0. The summed E-state index contributed by atoms with van der Waals surface area (Å²) in [4.78, 5) is 9.23. The van der Waals surface area contributed by atoms with E-state index in [4.69, 9.17) is 17.9 Å². The molecular formula is C72H71N4OPt-3. The van der Waals surface area contributed by atoms with Crippen molar-refractivity contribution in [3.63, 3.8) is 0 Å². The maximum Gasteiger partial charge on any atom is 0.130 e. The first-order chi connectivity index (χ1) is 39.1. The number of nitrogens with zero attached hydrogens (tertiary/aromatic N) is 3. The summed E-state index contributed by atoms with van der Waals surface area (Å²) in [5.74, 6) is 1.21. The third-order valence-corrected chi connectivity index (χ3v) is 15.6. The van der Waals surface area contributed by atoms with Gasteiger partial charge in [0.2, 0.25) is 0 Å². The molecule has 0 bridgehead atoms. The summed E-state index contributed by atoms with van der Waals surface area (Å²) in [6, 6.07) is 63.6. The van der Waals surface area contributed by atoms with Gasteiger partial charge < -0.3 is 19.9 Å². The van der Waals surface area contributed by atoms with Gasteiger partial charge in [-0.25, -0.2) is 4.98 Å². The summed E-state index contributed by atoms with van der Waals surface area (Å²) in [6.45, 7) is 20.0. The third-order valence-electron chi connectivity index (χ3n) is 15.6. The molecule has 1 aliphatic carbocycles. The third kappa shape index (κ3) is 10.7. The van der Waals surface area contributed by atoms with Gasteiger partial charge in [-0.3, -0.25) is 0 Å². The molecule has 0 spiro atoms. The van der Waals surface area contributed by atoms with Gasteiger partial charge in [0.25, 0.3) is 0 Å². The van der Waals surface area contributed by atoms with Crippen LogP contribution in [-0.2, 0) is 42.7 Å². The molecule has 0 atom stereocenters. The largest absolute Gasteiger partial charge is 0.509 e. The van der Waals surface area contributed by atoms with E-state index in [9.17, 15) is 0 Å². The number of hydrogen-bond donors (Lipinski definition) is 1. The first kappa shape index (κ1) is 46.9. The molecule has 1 aromatic heterocycles. The number of aryl methyl sites for hydroxylation is 2. The summed E-state index contributed by atoms with van der Waals surface area (Å²) >= 11 is 0. The van der Waals surface area contributed by atoms with E-state index in [0.717, 1.165) is 63.4 Å². The molecule has 6 heteroatoms. The molecule has 8 aromatic carbocycles.